The first-order chi connectivity index (χ1) is 16.7. The number of rotatable bonds is 7. The van der Waals surface area contributed by atoms with E-state index in [1.807, 2.05) is 12.1 Å². The zero-order valence-corrected chi connectivity index (χ0v) is 20.4. The van der Waals surface area contributed by atoms with Crippen molar-refractivity contribution in [3.8, 4) is 17.2 Å². The first kappa shape index (κ1) is 22.8. The van der Waals surface area contributed by atoms with Gasteiger partial charge in [0, 0.05) is 70.5 Å². The molecule has 3 aliphatic rings. The molecule has 0 aliphatic carbocycles. The van der Waals surface area contributed by atoms with Crippen LogP contribution < -0.4 is 24.2 Å². The van der Waals surface area contributed by atoms with E-state index in [0.29, 0.717) is 18.0 Å². The van der Waals surface area contributed by atoms with Crippen molar-refractivity contribution in [3.05, 3.63) is 23.8 Å². The number of aromatic nitrogens is 2. The Morgan fingerprint density at radius 1 is 0.765 bits per heavy atom. The lowest BCUT2D eigenvalue weighted by atomic mass is 10.1. The number of methoxy groups -OCH3 is 2. The number of benzene rings is 1. The molecule has 0 spiro atoms. The summed E-state index contributed by atoms with van der Waals surface area (Å²) in [5.41, 5.74) is 0.848. The van der Waals surface area contributed by atoms with E-state index in [-0.39, 0.29) is 5.75 Å². The Kier molecular flexibility index (Phi) is 6.80. The highest BCUT2D eigenvalue weighted by Crippen LogP contribution is 2.39. The Morgan fingerprint density at radius 2 is 1.35 bits per heavy atom. The minimum Gasteiger partial charge on any atom is -0.504 e. The number of phenols is 1. The number of piperazine rings is 1. The van der Waals surface area contributed by atoms with Gasteiger partial charge >= 0.3 is 0 Å². The predicted molar refractivity (Wildman–Crippen MR) is 134 cm³/mol. The van der Waals surface area contributed by atoms with Gasteiger partial charge in [-0.3, -0.25) is 4.90 Å². The summed E-state index contributed by atoms with van der Waals surface area (Å²) in [7, 11) is 3.13. The quantitative estimate of drug-likeness (QED) is 0.660. The Balaban J connectivity index is 1.29. The summed E-state index contributed by atoms with van der Waals surface area (Å²) >= 11 is 0. The predicted octanol–water partition coefficient (Wildman–Crippen LogP) is 2.72. The Morgan fingerprint density at radius 3 is 1.94 bits per heavy atom. The molecule has 3 fully saturated rings. The molecule has 9 nitrogen and oxygen atoms in total. The third-order valence-electron chi connectivity index (χ3n) is 7.20. The number of aromatic hydroxyl groups is 1. The third-order valence-corrected chi connectivity index (χ3v) is 7.20. The second kappa shape index (κ2) is 10.1. The van der Waals surface area contributed by atoms with Crippen LogP contribution in [0.15, 0.2) is 18.2 Å². The van der Waals surface area contributed by atoms with Crippen LogP contribution in [0.1, 0.15) is 31.2 Å². The van der Waals surface area contributed by atoms with Crippen molar-refractivity contribution in [2.45, 2.75) is 32.2 Å². The standard InChI is InChI=1S/C25H36N6O3/c1-33-20-8-7-19(23(32)24(20)34-2)18-28-13-15-30(16-14-28)22-17-21(29-9-3-4-10-29)26-25(27-22)31-11-5-6-12-31/h7-8,17,32H,3-6,9-16,18H2,1-2H3. The average Bonchev–Trinajstić information content (AvgIpc) is 3.60. The summed E-state index contributed by atoms with van der Waals surface area (Å²) in [4.78, 5) is 19.4. The van der Waals surface area contributed by atoms with Crippen LogP contribution in [0.25, 0.3) is 0 Å². The Hall–Kier alpha value is -2.94. The molecule has 0 amide bonds. The Bertz CT molecular complexity index is 949. The molecule has 1 aromatic carbocycles. The van der Waals surface area contributed by atoms with E-state index in [1.54, 1.807) is 14.2 Å². The summed E-state index contributed by atoms with van der Waals surface area (Å²) in [6, 6.07) is 5.95. The van der Waals surface area contributed by atoms with Gasteiger partial charge in [0.1, 0.15) is 11.6 Å². The van der Waals surface area contributed by atoms with Gasteiger partial charge in [-0.05, 0) is 31.7 Å². The van der Waals surface area contributed by atoms with Crippen LogP contribution in [-0.4, -0.2) is 86.6 Å². The van der Waals surface area contributed by atoms with Crippen molar-refractivity contribution in [3.63, 3.8) is 0 Å². The molecule has 0 unspecified atom stereocenters. The highest BCUT2D eigenvalue weighted by atomic mass is 16.5. The molecular weight excluding hydrogens is 432 g/mol. The van der Waals surface area contributed by atoms with Gasteiger partial charge in [0.25, 0.3) is 0 Å². The summed E-state index contributed by atoms with van der Waals surface area (Å²) in [5, 5.41) is 10.7. The molecule has 3 aliphatic heterocycles. The lowest BCUT2D eigenvalue weighted by Gasteiger charge is -2.36. The molecular formula is C25H36N6O3. The molecule has 0 bridgehead atoms. The summed E-state index contributed by atoms with van der Waals surface area (Å²) in [5.74, 6) is 4.08. The summed E-state index contributed by atoms with van der Waals surface area (Å²) in [6.07, 6.45) is 4.91. The van der Waals surface area contributed by atoms with Crippen molar-refractivity contribution >= 4 is 17.6 Å². The molecule has 9 heteroatoms. The van der Waals surface area contributed by atoms with Gasteiger partial charge in [-0.2, -0.15) is 9.97 Å². The van der Waals surface area contributed by atoms with Crippen molar-refractivity contribution in [1.82, 2.24) is 14.9 Å². The number of anilines is 3. The van der Waals surface area contributed by atoms with E-state index in [9.17, 15) is 5.11 Å². The van der Waals surface area contributed by atoms with Gasteiger partial charge in [0.2, 0.25) is 11.7 Å². The maximum Gasteiger partial charge on any atom is 0.229 e. The van der Waals surface area contributed by atoms with Gasteiger partial charge in [0.15, 0.2) is 11.5 Å². The van der Waals surface area contributed by atoms with Gasteiger partial charge in [-0.1, -0.05) is 6.07 Å². The molecule has 1 N–H and O–H groups in total. The second-order valence-electron chi connectivity index (χ2n) is 9.34. The maximum absolute atomic E-state index is 10.7. The topological polar surface area (TPSA) is 77.4 Å². The van der Waals surface area contributed by atoms with E-state index >= 15 is 0 Å². The summed E-state index contributed by atoms with van der Waals surface area (Å²) < 4.78 is 10.6. The average molecular weight is 469 g/mol. The van der Waals surface area contributed by atoms with Gasteiger partial charge in [0.05, 0.1) is 14.2 Å². The molecule has 184 valence electrons. The molecule has 3 saturated heterocycles. The van der Waals surface area contributed by atoms with Gasteiger partial charge < -0.3 is 29.3 Å². The molecule has 4 heterocycles. The van der Waals surface area contributed by atoms with Crippen molar-refractivity contribution in [2.24, 2.45) is 0 Å². The van der Waals surface area contributed by atoms with Crippen molar-refractivity contribution in [2.75, 3.05) is 81.3 Å². The zero-order valence-electron chi connectivity index (χ0n) is 20.4. The normalized spacial score (nSPS) is 19.2. The minimum absolute atomic E-state index is 0.158. The minimum atomic E-state index is 0.158. The highest BCUT2D eigenvalue weighted by molar-refractivity contribution is 5.57. The molecule has 5 rings (SSSR count). The SMILES string of the molecule is COc1ccc(CN2CCN(c3cc(N4CCCC4)nc(N4CCCC4)n3)CC2)c(O)c1OC. The number of nitrogens with zero attached hydrogens (tertiary/aromatic N) is 6. The van der Waals surface area contributed by atoms with E-state index in [4.69, 9.17) is 19.4 Å². The third kappa shape index (κ3) is 4.66. The number of ether oxygens (including phenoxy) is 2. The van der Waals surface area contributed by atoms with Crippen LogP contribution in [0.5, 0.6) is 17.2 Å². The van der Waals surface area contributed by atoms with E-state index in [2.05, 4.69) is 25.7 Å². The van der Waals surface area contributed by atoms with E-state index in [0.717, 1.165) is 75.5 Å². The second-order valence-corrected chi connectivity index (χ2v) is 9.34. The number of phenolic OH excluding ortho intramolecular Hbond substituents is 1. The zero-order chi connectivity index (χ0) is 23.5. The molecule has 2 aromatic rings. The fourth-order valence-corrected chi connectivity index (χ4v) is 5.19. The molecule has 34 heavy (non-hydrogen) atoms. The smallest absolute Gasteiger partial charge is 0.229 e. The monoisotopic (exact) mass is 468 g/mol. The summed E-state index contributed by atoms with van der Waals surface area (Å²) in [6.45, 7) is 8.51. The van der Waals surface area contributed by atoms with Crippen LogP contribution >= 0.6 is 0 Å². The highest BCUT2D eigenvalue weighted by Gasteiger charge is 2.25. The Labute approximate surface area is 201 Å². The van der Waals surface area contributed by atoms with Crippen molar-refractivity contribution in [1.29, 1.82) is 0 Å². The van der Waals surface area contributed by atoms with Gasteiger partial charge in [-0.25, -0.2) is 0 Å². The molecule has 0 saturated carbocycles. The van der Waals surface area contributed by atoms with Crippen LogP contribution in [-0.2, 0) is 6.54 Å². The van der Waals surface area contributed by atoms with Crippen molar-refractivity contribution < 1.29 is 14.6 Å². The fourth-order valence-electron chi connectivity index (χ4n) is 5.19. The van der Waals surface area contributed by atoms with E-state index < -0.39 is 0 Å². The van der Waals surface area contributed by atoms with Crippen LogP contribution in [0.3, 0.4) is 0 Å². The lowest BCUT2D eigenvalue weighted by Crippen LogP contribution is -2.46. The van der Waals surface area contributed by atoms with E-state index in [1.165, 1.54) is 25.7 Å². The number of hydrogen-bond donors (Lipinski definition) is 1. The van der Waals surface area contributed by atoms with Gasteiger partial charge in [-0.15, -0.1) is 0 Å². The first-order valence-electron chi connectivity index (χ1n) is 12.5. The van der Waals surface area contributed by atoms with Crippen LogP contribution in [0.2, 0.25) is 0 Å². The first-order valence-corrected chi connectivity index (χ1v) is 12.5. The van der Waals surface area contributed by atoms with Crippen LogP contribution in [0, 0.1) is 0 Å². The molecule has 0 atom stereocenters. The molecule has 0 radical (unpaired) electrons. The largest absolute Gasteiger partial charge is 0.504 e. The lowest BCUT2D eigenvalue weighted by molar-refractivity contribution is 0.244. The maximum atomic E-state index is 10.7. The number of hydrogen-bond acceptors (Lipinski definition) is 9. The fraction of sp³-hybridized carbons (Fsp3) is 0.600. The van der Waals surface area contributed by atoms with Crippen LogP contribution in [0.4, 0.5) is 17.6 Å². The molecule has 1 aromatic heterocycles.